The van der Waals surface area contributed by atoms with Crippen LogP contribution in [0.1, 0.15) is 284 Å². The number of esters is 3. The van der Waals surface area contributed by atoms with E-state index in [1.807, 2.05) is 0 Å². The third kappa shape index (κ3) is 65.8. The van der Waals surface area contributed by atoms with Gasteiger partial charge in [-0.2, -0.15) is 0 Å². The largest absolute Gasteiger partial charge is 0.462 e. The summed E-state index contributed by atoms with van der Waals surface area (Å²) >= 11 is 0. The Labute approximate surface area is 505 Å². The summed E-state index contributed by atoms with van der Waals surface area (Å²) in [6.45, 7) is 6.37. The number of allylic oxidation sites excluding steroid dienone is 26. The fourth-order valence-corrected chi connectivity index (χ4v) is 8.84. The highest BCUT2D eigenvalue weighted by molar-refractivity contribution is 5.71. The third-order valence-corrected chi connectivity index (χ3v) is 13.8. The van der Waals surface area contributed by atoms with Crippen molar-refractivity contribution >= 4 is 17.9 Å². The second-order valence-electron chi connectivity index (χ2n) is 21.6. The first-order valence-electron chi connectivity index (χ1n) is 33.5. The first-order chi connectivity index (χ1) is 40.5. The first-order valence-corrected chi connectivity index (χ1v) is 33.5. The molecule has 0 aliphatic heterocycles. The number of ether oxygens (including phenoxy) is 3. The van der Waals surface area contributed by atoms with E-state index in [1.54, 1.807) is 0 Å². The molecule has 0 aromatic rings. The molecule has 0 aliphatic carbocycles. The molecule has 0 aliphatic rings. The van der Waals surface area contributed by atoms with E-state index in [0.29, 0.717) is 19.3 Å². The molecular weight excluding hydrogens is 1010 g/mol. The Balaban J connectivity index is 4.34. The van der Waals surface area contributed by atoms with E-state index in [9.17, 15) is 14.4 Å². The van der Waals surface area contributed by atoms with E-state index < -0.39 is 6.10 Å². The Morgan fingerprint density at radius 1 is 0.256 bits per heavy atom. The Morgan fingerprint density at radius 2 is 0.476 bits per heavy atom. The van der Waals surface area contributed by atoms with Gasteiger partial charge in [0, 0.05) is 19.3 Å². The topological polar surface area (TPSA) is 78.9 Å². The van der Waals surface area contributed by atoms with Gasteiger partial charge in [0.1, 0.15) is 13.2 Å². The van der Waals surface area contributed by atoms with Crippen LogP contribution in [0.5, 0.6) is 0 Å². The molecule has 0 saturated carbocycles. The zero-order chi connectivity index (χ0) is 59.2. The third-order valence-electron chi connectivity index (χ3n) is 13.8. The highest BCUT2D eigenvalue weighted by atomic mass is 16.6. The lowest BCUT2D eigenvalue weighted by Crippen LogP contribution is -2.30. The lowest BCUT2D eigenvalue weighted by molar-refractivity contribution is -0.167. The highest BCUT2D eigenvalue weighted by Crippen LogP contribution is 2.16. The molecule has 0 saturated heterocycles. The summed E-state index contributed by atoms with van der Waals surface area (Å²) < 4.78 is 16.9. The normalized spacial score (nSPS) is 13.2. The van der Waals surface area contributed by atoms with E-state index in [0.717, 1.165) is 161 Å². The molecule has 0 aromatic carbocycles. The van der Waals surface area contributed by atoms with Crippen molar-refractivity contribution in [1.82, 2.24) is 0 Å². The van der Waals surface area contributed by atoms with Gasteiger partial charge >= 0.3 is 17.9 Å². The van der Waals surface area contributed by atoms with Gasteiger partial charge in [-0.05, 0) is 128 Å². The molecule has 0 amide bonds. The zero-order valence-electron chi connectivity index (χ0n) is 52.9. The number of unbranched alkanes of at least 4 members (excludes halogenated alkanes) is 22. The average Bonchev–Trinajstić information content (AvgIpc) is 3.47. The smallest absolute Gasteiger partial charge is 0.306 e. The van der Waals surface area contributed by atoms with Crippen LogP contribution in [0.3, 0.4) is 0 Å². The van der Waals surface area contributed by atoms with E-state index in [-0.39, 0.29) is 31.1 Å². The van der Waals surface area contributed by atoms with Crippen molar-refractivity contribution in [3.8, 4) is 0 Å². The number of carbonyl (C=O) groups is 3. The van der Waals surface area contributed by atoms with E-state index in [4.69, 9.17) is 14.2 Å². The van der Waals surface area contributed by atoms with E-state index >= 15 is 0 Å². The maximum absolute atomic E-state index is 12.9. The number of hydrogen-bond acceptors (Lipinski definition) is 6. The molecule has 0 heterocycles. The Kier molecular flexibility index (Phi) is 64.4. The molecule has 0 N–H and O–H groups in total. The molecule has 82 heavy (non-hydrogen) atoms. The van der Waals surface area contributed by atoms with Crippen LogP contribution in [0.25, 0.3) is 0 Å². The van der Waals surface area contributed by atoms with Gasteiger partial charge in [-0.1, -0.05) is 294 Å². The lowest BCUT2D eigenvalue weighted by atomic mass is 10.0. The van der Waals surface area contributed by atoms with Crippen molar-refractivity contribution in [3.63, 3.8) is 0 Å². The van der Waals surface area contributed by atoms with E-state index in [1.165, 1.54) is 83.5 Å². The molecule has 0 fully saturated rings. The predicted molar refractivity (Wildman–Crippen MR) is 357 cm³/mol. The van der Waals surface area contributed by atoms with Gasteiger partial charge in [-0.3, -0.25) is 14.4 Å². The standard InChI is InChI=1S/C76H122O6/c1-4-7-10-13-16-19-22-25-27-29-30-31-32-33-34-35-36-37-38-39-40-41-42-43-44-45-46-47-49-51-54-57-60-63-66-69-75(78)81-72-73(71-80-74(77)68-65-62-59-56-53-50-24-21-18-15-12-9-6-3)82-76(79)70-67-64-61-58-55-52-48-28-26-23-20-17-14-11-8-5-2/h7,9-10,12,16,18-19,21,25,27,30-31,33-34,36-37,39-40,42-43,45-46,49-51,53,73H,4-6,8,11,13-15,17,20,22-24,26,28-29,32,35,38,41,44,47-48,52,54-72H2,1-3H3/b10-7-,12-9-,19-16-,21-18-,27-25-,31-30-,34-33-,37-36-,40-39-,43-42-,46-45-,51-49-,53-50-. The van der Waals surface area contributed by atoms with Gasteiger partial charge in [0.25, 0.3) is 0 Å². The SMILES string of the molecule is CC/C=C\C/C=C\C/C=C\C/C=C\C/C=C\C/C=C\C/C=C\C/C=C\C/C=C\C/C=C\CCCCCCC(=O)OCC(COC(=O)CCCCC/C=C\C/C=C\C/C=C\CC)OC(=O)CCCCCCCCCCCCCCCCCC. The summed E-state index contributed by atoms with van der Waals surface area (Å²) in [5.74, 6) is -0.954. The van der Waals surface area contributed by atoms with Crippen LogP contribution in [0, 0.1) is 0 Å². The van der Waals surface area contributed by atoms with Crippen molar-refractivity contribution in [3.05, 3.63) is 158 Å². The van der Waals surface area contributed by atoms with Crippen LogP contribution in [-0.2, 0) is 28.6 Å². The van der Waals surface area contributed by atoms with Gasteiger partial charge in [0.05, 0.1) is 0 Å². The van der Waals surface area contributed by atoms with Crippen LogP contribution in [0.15, 0.2) is 158 Å². The summed E-state index contributed by atoms with van der Waals surface area (Å²) in [4.78, 5) is 38.3. The minimum atomic E-state index is -0.806. The van der Waals surface area contributed by atoms with Crippen LogP contribution >= 0.6 is 0 Å². The van der Waals surface area contributed by atoms with Gasteiger partial charge in [-0.15, -0.1) is 0 Å². The summed E-state index contributed by atoms with van der Waals surface area (Å²) in [5, 5.41) is 0. The fraction of sp³-hybridized carbons (Fsp3) is 0.618. The van der Waals surface area contributed by atoms with Crippen molar-refractivity contribution < 1.29 is 28.6 Å². The Bertz CT molecular complexity index is 1830. The number of rotatable bonds is 59. The zero-order valence-corrected chi connectivity index (χ0v) is 52.9. The van der Waals surface area contributed by atoms with Crippen LogP contribution in [0.2, 0.25) is 0 Å². The molecule has 1 atom stereocenters. The highest BCUT2D eigenvalue weighted by Gasteiger charge is 2.19. The van der Waals surface area contributed by atoms with Gasteiger partial charge in [-0.25, -0.2) is 0 Å². The molecule has 6 heteroatoms. The molecule has 0 rings (SSSR count). The van der Waals surface area contributed by atoms with Crippen molar-refractivity contribution in [1.29, 1.82) is 0 Å². The van der Waals surface area contributed by atoms with Crippen LogP contribution < -0.4 is 0 Å². The maximum atomic E-state index is 12.9. The average molecular weight is 1130 g/mol. The second kappa shape index (κ2) is 68.5. The Hall–Kier alpha value is -4.97. The van der Waals surface area contributed by atoms with Crippen molar-refractivity contribution in [2.45, 2.75) is 290 Å². The van der Waals surface area contributed by atoms with Crippen molar-refractivity contribution in [2.24, 2.45) is 0 Å². The molecular formula is C76H122O6. The molecule has 6 nitrogen and oxygen atoms in total. The predicted octanol–water partition coefficient (Wildman–Crippen LogP) is 23.3. The minimum Gasteiger partial charge on any atom is -0.462 e. The molecule has 462 valence electrons. The van der Waals surface area contributed by atoms with Crippen molar-refractivity contribution in [2.75, 3.05) is 13.2 Å². The summed E-state index contributed by atoms with van der Waals surface area (Å²) in [5.41, 5.74) is 0. The van der Waals surface area contributed by atoms with Gasteiger partial charge in [0.15, 0.2) is 6.10 Å². The Morgan fingerprint density at radius 3 is 0.756 bits per heavy atom. The monoisotopic (exact) mass is 1130 g/mol. The molecule has 0 bridgehead atoms. The van der Waals surface area contributed by atoms with Crippen LogP contribution in [-0.4, -0.2) is 37.2 Å². The second-order valence-corrected chi connectivity index (χ2v) is 21.6. The molecule has 0 aromatic heterocycles. The van der Waals surface area contributed by atoms with Gasteiger partial charge in [0.2, 0.25) is 0 Å². The number of carbonyl (C=O) groups excluding carboxylic acids is 3. The van der Waals surface area contributed by atoms with E-state index in [2.05, 4.69) is 179 Å². The fourth-order valence-electron chi connectivity index (χ4n) is 8.84. The summed E-state index contributed by atoms with van der Waals surface area (Å²) in [6.07, 6.45) is 99.8. The molecule has 1 unspecified atom stereocenters. The first kappa shape index (κ1) is 77.0. The molecule has 0 radical (unpaired) electrons. The molecule has 0 spiro atoms. The summed E-state index contributed by atoms with van der Waals surface area (Å²) in [6, 6.07) is 0. The summed E-state index contributed by atoms with van der Waals surface area (Å²) in [7, 11) is 0. The minimum absolute atomic E-state index is 0.104. The maximum Gasteiger partial charge on any atom is 0.306 e. The number of hydrogen-bond donors (Lipinski definition) is 0. The quantitative estimate of drug-likeness (QED) is 0.0261. The van der Waals surface area contributed by atoms with Gasteiger partial charge < -0.3 is 14.2 Å². The lowest BCUT2D eigenvalue weighted by Gasteiger charge is -2.18. The van der Waals surface area contributed by atoms with Crippen LogP contribution in [0.4, 0.5) is 0 Å².